The molecule has 0 aliphatic rings. The lowest BCUT2D eigenvalue weighted by atomic mass is 10.1. The summed E-state index contributed by atoms with van der Waals surface area (Å²) < 4.78 is 31.7. The molecule has 0 bridgehead atoms. The van der Waals surface area contributed by atoms with Gasteiger partial charge in [-0.1, -0.05) is 6.07 Å². The molecule has 1 heterocycles. The van der Waals surface area contributed by atoms with Gasteiger partial charge in [0.25, 0.3) is 0 Å². The first-order chi connectivity index (χ1) is 10.2. The van der Waals surface area contributed by atoms with Crippen LogP contribution >= 0.6 is 0 Å². The van der Waals surface area contributed by atoms with Crippen molar-refractivity contribution in [1.29, 1.82) is 0 Å². The van der Waals surface area contributed by atoms with Gasteiger partial charge < -0.3 is 16.2 Å². The van der Waals surface area contributed by atoms with Crippen molar-refractivity contribution in [3.63, 3.8) is 0 Å². The maximum atomic E-state index is 10.6. The number of pyridine rings is 1. The molecule has 0 spiro atoms. The number of halogens is 3. The number of fused-ring (bicyclic) bond motifs is 1. The monoisotopic (exact) mass is 315 g/mol. The number of benzene rings is 1. The molecule has 9 heteroatoms. The maximum absolute atomic E-state index is 10.6. The zero-order valence-corrected chi connectivity index (χ0v) is 11.1. The summed E-state index contributed by atoms with van der Waals surface area (Å²) >= 11 is 0. The van der Waals surface area contributed by atoms with Gasteiger partial charge in [0.2, 0.25) is 5.91 Å². The van der Waals surface area contributed by atoms with E-state index in [0.29, 0.717) is 0 Å². The van der Waals surface area contributed by atoms with Gasteiger partial charge >= 0.3 is 12.1 Å². The number of carboxylic acid groups (broad SMARTS) is 1. The zero-order valence-electron chi connectivity index (χ0n) is 11.1. The molecule has 0 saturated carbocycles. The topological polar surface area (TPSA) is 105 Å². The van der Waals surface area contributed by atoms with Crippen LogP contribution in [0.25, 0.3) is 10.8 Å². The van der Waals surface area contributed by atoms with Gasteiger partial charge in [-0.2, -0.15) is 13.2 Å². The van der Waals surface area contributed by atoms with Crippen LogP contribution in [0.5, 0.6) is 0 Å². The molecule has 1 amide bonds. The lowest BCUT2D eigenvalue weighted by molar-refractivity contribution is -0.192. The van der Waals surface area contributed by atoms with Crippen molar-refractivity contribution in [2.75, 3.05) is 11.9 Å². The third-order valence-electron chi connectivity index (χ3n) is 2.35. The molecule has 6 nitrogen and oxygen atoms in total. The van der Waals surface area contributed by atoms with E-state index in [9.17, 15) is 18.0 Å². The minimum Gasteiger partial charge on any atom is -0.475 e. The Morgan fingerprint density at radius 2 is 1.86 bits per heavy atom. The number of hydrogen-bond donors (Lipinski definition) is 3. The number of nitrogens with two attached hydrogens (primary N) is 1. The first-order valence-corrected chi connectivity index (χ1v) is 5.86. The van der Waals surface area contributed by atoms with Crippen LogP contribution < -0.4 is 11.1 Å². The summed E-state index contributed by atoms with van der Waals surface area (Å²) in [7, 11) is 0. The Hall–Kier alpha value is -2.84. The van der Waals surface area contributed by atoms with Gasteiger partial charge in [-0.25, -0.2) is 4.79 Å². The molecule has 118 valence electrons. The molecule has 2 aromatic rings. The number of anilines is 1. The Kier molecular flexibility index (Phi) is 5.67. The summed E-state index contributed by atoms with van der Waals surface area (Å²) in [5, 5.41) is 12.2. The van der Waals surface area contributed by atoms with Crippen LogP contribution in [-0.4, -0.2) is 34.7 Å². The number of amides is 1. The van der Waals surface area contributed by atoms with Gasteiger partial charge in [0.1, 0.15) is 0 Å². The molecule has 0 radical (unpaired) electrons. The normalized spacial score (nSPS) is 10.5. The second kappa shape index (κ2) is 7.25. The summed E-state index contributed by atoms with van der Waals surface area (Å²) in [6.07, 6.45) is -1.55. The van der Waals surface area contributed by atoms with Crippen molar-refractivity contribution in [1.82, 2.24) is 4.98 Å². The molecular weight excluding hydrogens is 303 g/mol. The highest BCUT2D eigenvalue weighted by molar-refractivity contribution is 5.86. The van der Waals surface area contributed by atoms with E-state index in [2.05, 4.69) is 10.3 Å². The minimum absolute atomic E-state index is 0.149. The molecule has 1 aromatic carbocycles. The van der Waals surface area contributed by atoms with Gasteiger partial charge in [-0.15, -0.1) is 0 Å². The molecule has 2 rings (SSSR count). The third-order valence-corrected chi connectivity index (χ3v) is 2.35. The Labute approximate surface area is 122 Å². The number of primary amides is 1. The number of aliphatic carboxylic acids is 1. The molecule has 0 aliphatic heterocycles. The average molecular weight is 315 g/mol. The first kappa shape index (κ1) is 17.2. The van der Waals surface area contributed by atoms with Gasteiger partial charge in [-0.3, -0.25) is 9.78 Å². The molecular formula is C13H12F3N3O3. The number of hydrogen-bond acceptors (Lipinski definition) is 4. The van der Waals surface area contributed by atoms with Crippen LogP contribution in [0.1, 0.15) is 0 Å². The van der Waals surface area contributed by atoms with E-state index in [0.717, 1.165) is 16.5 Å². The smallest absolute Gasteiger partial charge is 0.475 e. The van der Waals surface area contributed by atoms with Crippen LogP contribution in [0.15, 0.2) is 36.7 Å². The highest BCUT2D eigenvalue weighted by atomic mass is 19.4. The highest BCUT2D eigenvalue weighted by Gasteiger charge is 2.38. The van der Waals surface area contributed by atoms with E-state index in [1.165, 1.54) is 0 Å². The van der Waals surface area contributed by atoms with Crippen molar-refractivity contribution in [2.45, 2.75) is 6.18 Å². The number of rotatable bonds is 3. The van der Waals surface area contributed by atoms with Crippen LogP contribution in [-0.2, 0) is 9.59 Å². The molecule has 0 unspecified atom stereocenters. The van der Waals surface area contributed by atoms with E-state index < -0.39 is 12.1 Å². The number of nitrogens with one attached hydrogen (secondary N) is 1. The van der Waals surface area contributed by atoms with E-state index in [1.54, 1.807) is 12.4 Å². The van der Waals surface area contributed by atoms with Crippen LogP contribution in [0.4, 0.5) is 18.9 Å². The second-order valence-electron chi connectivity index (χ2n) is 4.06. The quantitative estimate of drug-likeness (QED) is 0.800. The number of carbonyl (C=O) groups excluding carboxylic acids is 1. The molecule has 4 N–H and O–H groups in total. The number of carbonyl (C=O) groups is 2. The Bertz CT molecular complexity index is 674. The van der Waals surface area contributed by atoms with Gasteiger partial charge in [0.15, 0.2) is 0 Å². The zero-order chi connectivity index (χ0) is 16.8. The summed E-state index contributed by atoms with van der Waals surface area (Å²) in [5.41, 5.74) is 5.92. The standard InChI is InChI=1S/C11H11N3O.C2HF3O2/c12-11(15)7-14-10-2-1-9-6-13-4-3-8(9)5-10;3-2(4,5)1(6)7/h1-6,14H,7H2,(H2,12,15);(H,6,7). The van der Waals surface area contributed by atoms with Gasteiger partial charge in [0.05, 0.1) is 6.54 Å². The molecule has 0 atom stereocenters. The van der Waals surface area contributed by atoms with Crippen molar-refractivity contribution < 1.29 is 27.9 Å². The molecule has 0 aliphatic carbocycles. The van der Waals surface area contributed by atoms with Crippen LogP contribution in [0.3, 0.4) is 0 Å². The molecule has 1 aromatic heterocycles. The van der Waals surface area contributed by atoms with E-state index in [4.69, 9.17) is 15.6 Å². The van der Waals surface area contributed by atoms with Gasteiger partial charge in [0, 0.05) is 23.5 Å². The lowest BCUT2D eigenvalue weighted by Gasteiger charge is -2.04. The number of nitrogens with zero attached hydrogens (tertiary/aromatic N) is 1. The maximum Gasteiger partial charge on any atom is 0.490 e. The van der Waals surface area contributed by atoms with Crippen LogP contribution in [0.2, 0.25) is 0 Å². The van der Waals surface area contributed by atoms with E-state index >= 15 is 0 Å². The summed E-state index contributed by atoms with van der Waals surface area (Å²) in [6.45, 7) is 0.149. The first-order valence-electron chi connectivity index (χ1n) is 5.86. The van der Waals surface area contributed by atoms with Crippen LogP contribution in [0, 0.1) is 0 Å². The van der Waals surface area contributed by atoms with Crippen molar-refractivity contribution in [2.24, 2.45) is 5.73 Å². The van der Waals surface area contributed by atoms with E-state index in [1.807, 2.05) is 24.3 Å². The fourth-order valence-electron chi connectivity index (χ4n) is 1.38. The highest BCUT2D eigenvalue weighted by Crippen LogP contribution is 2.17. The predicted octanol–water partition coefficient (Wildman–Crippen LogP) is 1.77. The van der Waals surface area contributed by atoms with Crippen molar-refractivity contribution in [3.05, 3.63) is 36.7 Å². The number of alkyl halides is 3. The molecule has 0 saturated heterocycles. The average Bonchev–Trinajstić information content (AvgIpc) is 2.44. The third kappa shape index (κ3) is 5.65. The van der Waals surface area contributed by atoms with Crippen molar-refractivity contribution in [3.8, 4) is 0 Å². The Morgan fingerprint density at radius 3 is 2.41 bits per heavy atom. The SMILES string of the molecule is NC(=O)CNc1ccc2cnccc2c1.O=C(O)C(F)(F)F. The predicted molar refractivity (Wildman–Crippen MR) is 73.1 cm³/mol. The molecule has 22 heavy (non-hydrogen) atoms. The summed E-state index contributed by atoms with van der Waals surface area (Å²) in [6, 6.07) is 7.73. The lowest BCUT2D eigenvalue weighted by Crippen LogP contribution is -2.21. The second-order valence-corrected chi connectivity index (χ2v) is 4.06. The Morgan fingerprint density at radius 1 is 1.23 bits per heavy atom. The summed E-state index contributed by atoms with van der Waals surface area (Å²) in [5.74, 6) is -3.13. The number of aromatic nitrogens is 1. The van der Waals surface area contributed by atoms with E-state index in [-0.39, 0.29) is 12.5 Å². The van der Waals surface area contributed by atoms with Crippen molar-refractivity contribution >= 4 is 28.3 Å². The fraction of sp³-hybridized carbons (Fsp3) is 0.154. The summed E-state index contributed by atoms with van der Waals surface area (Å²) in [4.78, 5) is 23.5. The number of carboxylic acids is 1. The fourth-order valence-corrected chi connectivity index (χ4v) is 1.38. The Balaban J connectivity index is 0.000000295. The molecule has 0 fully saturated rings. The largest absolute Gasteiger partial charge is 0.490 e. The van der Waals surface area contributed by atoms with Gasteiger partial charge in [-0.05, 0) is 23.6 Å². The minimum atomic E-state index is -5.08.